The van der Waals surface area contributed by atoms with E-state index in [2.05, 4.69) is 206 Å². The van der Waals surface area contributed by atoms with Crippen LogP contribution in [0.1, 0.15) is 0 Å². The van der Waals surface area contributed by atoms with E-state index in [0.29, 0.717) is 0 Å². The van der Waals surface area contributed by atoms with E-state index in [-0.39, 0.29) is 0 Å². The number of para-hydroxylation sites is 4. The van der Waals surface area contributed by atoms with E-state index >= 15 is 0 Å². The third kappa shape index (κ3) is 5.67. The molecule has 0 N–H and O–H groups in total. The summed E-state index contributed by atoms with van der Waals surface area (Å²) in [7, 11) is 0. The first kappa shape index (κ1) is 30.1. The molecule has 242 valence electrons. The Morgan fingerprint density at radius 2 is 0.745 bits per heavy atom. The average Bonchev–Trinajstić information content (AvgIpc) is 3.53. The zero-order valence-corrected chi connectivity index (χ0v) is 27.8. The molecule has 51 heavy (non-hydrogen) atoms. The van der Waals surface area contributed by atoms with Gasteiger partial charge in [-0.15, -0.1) is 0 Å². The number of aromatic nitrogens is 3. The molecule has 0 fully saturated rings. The molecular weight excluding hydrogens is 623 g/mol. The van der Waals surface area contributed by atoms with Crippen molar-refractivity contribution < 1.29 is 0 Å². The third-order valence-corrected chi connectivity index (χ3v) is 9.33. The zero-order valence-electron chi connectivity index (χ0n) is 27.8. The lowest BCUT2D eigenvalue weighted by Gasteiger charge is -2.26. The lowest BCUT2D eigenvalue weighted by molar-refractivity contribution is 1.16. The molecule has 0 saturated heterocycles. The van der Waals surface area contributed by atoms with Crippen LogP contribution in [0.15, 0.2) is 201 Å². The van der Waals surface area contributed by atoms with Gasteiger partial charge in [-0.3, -0.25) is 0 Å². The van der Waals surface area contributed by atoms with Gasteiger partial charge in [0.1, 0.15) is 6.33 Å². The van der Waals surface area contributed by atoms with Gasteiger partial charge in [-0.05, 0) is 103 Å². The largest absolute Gasteiger partial charge is 0.310 e. The van der Waals surface area contributed by atoms with Crippen molar-refractivity contribution in [2.75, 3.05) is 9.80 Å². The van der Waals surface area contributed by atoms with Crippen LogP contribution >= 0.6 is 0 Å². The number of fused-ring (bicyclic) bond motifs is 3. The molecule has 7 aromatic carbocycles. The number of anilines is 6. The van der Waals surface area contributed by atoms with Gasteiger partial charge >= 0.3 is 0 Å². The van der Waals surface area contributed by atoms with Gasteiger partial charge in [0, 0.05) is 68.5 Å². The highest BCUT2D eigenvalue weighted by atomic mass is 15.1. The van der Waals surface area contributed by atoms with Crippen LogP contribution in [-0.4, -0.2) is 14.5 Å². The van der Waals surface area contributed by atoms with Crippen molar-refractivity contribution in [3.8, 4) is 16.8 Å². The van der Waals surface area contributed by atoms with Crippen molar-refractivity contribution in [1.82, 2.24) is 14.5 Å². The van der Waals surface area contributed by atoms with Crippen molar-refractivity contribution >= 4 is 55.9 Å². The summed E-state index contributed by atoms with van der Waals surface area (Å²) in [6.45, 7) is 0. The molecule has 0 bridgehead atoms. The van der Waals surface area contributed by atoms with Crippen molar-refractivity contribution in [1.29, 1.82) is 0 Å². The van der Waals surface area contributed by atoms with Crippen molar-refractivity contribution in [2.45, 2.75) is 0 Å². The van der Waals surface area contributed by atoms with E-state index in [1.165, 1.54) is 10.8 Å². The fourth-order valence-corrected chi connectivity index (χ4v) is 7.01. The highest BCUT2D eigenvalue weighted by Gasteiger charge is 2.20. The van der Waals surface area contributed by atoms with E-state index in [9.17, 15) is 0 Å². The van der Waals surface area contributed by atoms with Crippen LogP contribution in [0.25, 0.3) is 38.6 Å². The summed E-state index contributed by atoms with van der Waals surface area (Å²) >= 11 is 0. The minimum atomic E-state index is 0.990. The normalized spacial score (nSPS) is 11.1. The first-order valence-corrected chi connectivity index (χ1v) is 17.1. The fourth-order valence-electron chi connectivity index (χ4n) is 7.01. The van der Waals surface area contributed by atoms with Gasteiger partial charge in [0.2, 0.25) is 0 Å². The van der Waals surface area contributed by atoms with Gasteiger partial charge in [-0.2, -0.15) is 0 Å². The summed E-state index contributed by atoms with van der Waals surface area (Å²) in [5.74, 6) is 0. The quantitative estimate of drug-likeness (QED) is 0.163. The molecular formula is C46H33N5. The lowest BCUT2D eigenvalue weighted by atomic mass is 10.1. The topological polar surface area (TPSA) is 37.2 Å². The highest BCUT2D eigenvalue weighted by Crippen LogP contribution is 2.42. The molecule has 9 rings (SSSR count). The van der Waals surface area contributed by atoms with E-state index in [1.807, 2.05) is 12.4 Å². The first-order valence-electron chi connectivity index (χ1n) is 17.1. The number of nitrogens with zero attached hydrogens (tertiary/aromatic N) is 5. The molecule has 5 heteroatoms. The van der Waals surface area contributed by atoms with Gasteiger partial charge in [0.15, 0.2) is 0 Å². The van der Waals surface area contributed by atoms with Crippen molar-refractivity contribution in [3.05, 3.63) is 201 Å². The SMILES string of the molecule is c1ccc(N(c2ccccc2)c2ccc3c(c2)c2cc(N(c4ccccc4)c4ccccc4)ccc2n3-c2ccc(-c3cncnc3)cc2)cc1. The first-order chi connectivity index (χ1) is 25.3. The number of rotatable bonds is 8. The van der Waals surface area contributed by atoms with Crippen LogP contribution < -0.4 is 9.80 Å². The number of hydrogen-bond donors (Lipinski definition) is 0. The Morgan fingerprint density at radius 3 is 1.14 bits per heavy atom. The van der Waals surface area contributed by atoms with E-state index in [4.69, 9.17) is 0 Å². The fraction of sp³-hybridized carbons (Fsp3) is 0. The summed E-state index contributed by atoms with van der Waals surface area (Å²) in [5.41, 5.74) is 12.0. The smallest absolute Gasteiger partial charge is 0.115 e. The maximum absolute atomic E-state index is 4.22. The molecule has 0 amide bonds. The van der Waals surface area contributed by atoms with Gasteiger partial charge in [-0.1, -0.05) is 84.9 Å². The lowest BCUT2D eigenvalue weighted by Crippen LogP contribution is -2.09. The second-order valence-electron chi connectivity index (χ2n) is 12.4. The van der Waals surface area contributed by atoms with E-state index < -0.39 is 0 Å². The summed E-state index contributed by atoms with van der Waals surface area (Å²) in [5, 5.41) is 2.34. The Kier molecular flexibility index (Phi) is 7.76. The predicted octanol–water partition coefficient (Wildman–Crippen LogP) is 12.2. The minimum Gasteiger partial charge on any atom is -0.310 e. The summed E-state index contributed by atoms with van der Waals surface area (Å²) in [6, 6.07) is 64.6. The molecule has 2 heterocycles. The molecule has 0 aliphatic heterocycles. The monoisotopic (exact) mass is 655 g/mol. The second kappa shape index (κ2) is 13.1. The zero-order chi connectivity index (χ0) is 34.0. The van der Waals surface area contributed by atoms with E-state index in [0.717, 1.165) is 62.0 Å². The Bertz CT molecular complexity index is 2330. The van der Waals surface area contributed by atoms with Crippen LogP contribution in [0.4, 0.5) is 34.1 Å². The molecule has 2 aromatic heterocycles. The summed E-state index contributed by atoms with van der Waals surface area (Å²) in [6.07, 6.45) is 5.26. The van der Waals surface area contributed by atoms with Gasteiger partial charge in [0.25, 0.3) is 0 Å². The maximum atomic E-state index is 4.22. The van der Waals surface area contributed by atoms with Crippen LogP contribution in [-0.2, 0) is 0 Å². The molecule has 0 atom stereocenters. The molecule has 0 aliphatic rings. The Labute approximate surface area is 297 Å². The Balaban J connectivity index is 1.28. The highest BCUT2D eigenvalue weighted by molar-refractivity contribution is 6.12. The van der Waals surface area contributed by atoms with Crippen molar-refractivity contribution in [2.24, 2.45) is 0 Å². The third-order valence-electron chi connectivity index (χ3n) is 9.33. The van der Waals surface area contributed by atoms with Crippen LogP contribution in [0, 0.1) is 0 Å². The Hall–Kier alpha value is -6.98. The molecule has 0 radical (unpaired) electrons. The second-order valence-corrected chi connectivity index (χ2v) is 12.4. The van der Waals surface area contributed by atoms with Crippen LogP contribution in [0.2, 0.25) is 0 Å². The van der Waals surface area contributed by atoms with Crippen LogP contribution in [0.5, 0.6) is 0 Å². The van der Waals surface area contributed by atoms with E-state index in [1.54, 1.807) is 6.33 Å². The molecule has 0 saturated carbocycles. The summed E-state index contributed by atoms with van der Waals surface area (Å²) < 4.78 is 2.37. The summed E-state index contributed by atoms with van der Waals surface area (Å²) in [4.78, 5) is 13.1. The Morgan fingerprint density at radius 1 is 0.353 bits per heavy atom. The molecule has 9 aromatic rings. The van der Waals surface area contributed by atoms with Crippen molar-refractivity contribution in [3.63, 3.8) is 0 Å². The number of hydrogen-bond acceptors (Lipinski definition) is 4. The van der Waals surface area contributed by atoms with Gasteiger partial charge < -0.3 is 14.4 Å². The van der Waals surface area contributed by atoms with Crippen LogP contribution in [0.3, 0.4) is 0 Å². The van der Waals surface area contributed by atoms with Gasteiger partial charge in [-0.25, -0.2) is 9.97 Å². The number of benzene rings is 7. The minimum absolute atomic E-state index is 0.990. The van der Waals surface area contributed by atoms with Gasteiger partial charge in [0.05, 0.1) is 11.0 Å². The molecule has 0 spiro atoms. The maximum Gasteiger partial charge on any atom is 0.115 e. The average molecular weight is 656 g/mol. The molecule has 0 unspecified atom stereocenters. The standard InChI is InChI=1S/C46H33N5/c1-5-13-36(14-6-1)49(37-15-7-2-8-16-37)41-25-27-45-43(29-41)44-30-42(50(38-17-9-3-10-18-38)39-19-11-4-12-20-39)26-28-46(44)51(45)40-23-21-34(22-24-40)35-31-47-33-48-32-35/h1-33H. The predicted molar refractivity (Wildman–Crippen MR) is 211 cm³/mol. The molecule has 5 nitrogen and oxygen atoms in total. The molecule has 0 aliphatic carbocycles.